The molecule has 0 aromatic heterocycles. The number of hydrogen-bond donors (Lipinski definition) is 1. The molecule has 2 N–H and O–H groups in total. The van der Waals surface area contributed by atoms with E-state index in [1.54, 1.807) is 6.07 Å². The van der Waals surface area contributed by atoms with Crippen LogP contribution in [0.25, 0.3) is 0 Å². The van der Waals surface area contributed by atoms with Gasteiger partial charge in [-0.3, -0.25) is 0 Å². The molecule has 0 amide bonds. The molecule has 0 saturated heterocycles. The Morgan fingerprint density at radius 2 is 2.22 bits per heavy atom. The zero-order chi connectivity index (χ0) is 13.2. The smallest absolute Gasteiger partial charge is 0.137 e. The first kappa shape index (κ1) is 14.0. The maximum atomic E-state index is 13.5. The van der Waals surface area contributed by atoms with Crippen LogP contribution in [-0.2, 0) is 6.42 Å². The Hall–Kier alpha value is -0.410. The van der Waals surface area contributed by atoms with Crippen molar-refractivity contribution in [3.8, 4) is 0 Å². The van der Waals surface area contributed by atoms with Gasteiger partial charge in [0.2, 0.25) is 0 Å². The third kappa shape index (κ3) is 2.77. The lowest BCUT2D eigenvalue weighted by molar-refractivity contribution is 0.182. The highest BCUT2D eigenvalue weighted by Gasteiger charge is 2.36. The van der Waals surface area contributed by atoms with Crippen LogP contribution in [0.1, 0.15) is 44.6 Å². The van der Waals surface area contributed by atoms with Gasteiger partial charge >= 0.3 is 0 Å². The van der Waals surface area contributed by atoms with Crippen LogP contribution in [0.5, 0.6) is 0 Å². The minimum absolute atomic E-state index is 0.163. The molecule has 1 aliphatic carbocycles. The maximum absolute atomic E-state index is 13.5. The lowest BCUT2D eigenvalue weighted by Crippen LogP contribution is -2.50. The van der Waals surface area contributed by atoms with Gasteiger partial charge in [0, 0.05) is 5.54 Å². The highest BCUT2D eigenvalue weighted by Crippen LogP contribution is 2.37. The summed E-state index contributed by atoms with van der Waals surface area (Å²) in [6.07, 6.45) is 6.61. The maximum Gasteiger partial charge on any atom is 0.137 e. The summed E-state index contributed by atoms with van der Waals surface area (Å²) in [7, 11) is 0. The number of rotatable bonds is 3. The molecule has 1 nitrogen and oxygen atoms in total. The Bertz CT molecular complexity index is 421. The number of hydrogen-bond acceptors (Lipinski definition) is 1. The highest BCUT2D eigenvalue weighted by atomic mass is 79.9. The van der Waals surface area contributed by atoms with E-state index in [0.717, 1.165) is 24.8 Å². The van der Waals surface area contributed by atoms with Crippen molar-refractivity contribution in [1.82, 2.24) is 0 Å². The summed E-state index contributed by atoms with van der Waals surface area (Å²) < 4.78 is 14.1. The van der Waals surface area contributed by atoms with E-state index >= 15 is 0 Å². The van der Waals surface area contributed by atoms with Crippen molar-refractivity contribution in [2.45, 2.75) is 51.0 Å². The van der Waals surface area contributed by atoms with E-state index in [4.69, 9.17) is 5.73 Å². The fraction of sp³-hybridized carbons (Fsp3) is 0.600. The molecule has 2 atom stereocenters. The predicted molar refractivity (Wildman–Crippen MR) is 77.0 cm³/mol. The van der Waals surface area contributed by atoms with Crippen molar-refractivity contribution in [2.24, 2.45) is 11.7 Å². The van der Waals surface area contributed by atoms with Crippen molar-refractivity contribution < 1.29 is 4.39 Å². The Morgan fingerprint density at radius 1 is 1.44 bits per heavy atom. The first-order valence-corrected chi connectivity index (χ1v) is 7.58. The van der Waals surface area contributed by atoms with E-state index in [9.17, 15) is 4.39 Å². The van der Waals surface area contributed by atoms with Crippen LogP contribution in [0.4, 0.5) is 4.39 Å². The minimum Gasteiger partial charge on any atom is -0.325 e. The lowest BCUT2D eigenvalue weighted by atomic mass is 9.69. The second-order valence-corrected chi connectivity index (χ2v) is 6.27. The van der Waals surface area contributed by atoms with E-state index in [1.165, 1.54) is 25.3 Å². The number of halogens is 2. The summed E-state index contributed by atoms with van der Waals surface area (Å²) in [4.78, 5) is 0. The Labute approximate surface area is 117 Å². The van der Waals surface area contributed by atoms with Gasteiger partial charge in [-0.25, -0.2) is 4.39 Å². The molecule has 0 spiro atoms. The van der Waals surface area contributed by atoms with Crippen molar-refractivity contribution in [1.29, 1.82) is 0 Å². The average molecular weight is 314 g/mol. The van der Waals surface area contributed by atoms with Crippen LogP contribution < -0.4 is 5.73 Å². The molecule has 2 rings (SSSR count). The highest BCUT2D eigenvalue weighted by molar-refractivity contribution is 9.10. The molecule has 1 aliphatic rings. The van der Waals surface area contributed by atoms with Gasteiger partial charge in [0.1, 0.15) is 5.82 Å². The summed E-state index contributed by atoms with van der Waals surface area (Å²) >= 11 is 3.34. The molecule has 0 bridgehead atoms. The average Bonchev–Trinajstić information content (AvgIpc) is 2.35. The van der Waals surface area contributed by atoms with Crippen molar-refractivity contribution in [2.75, 3.05) is 0 Å². The summed E-state index contributed by atoms with van der Waals surface area (Å²) in [5.41, 5.74) is 7.46. The topological polar surface area (TPSA) is 26.0 Å². The largest absolute Gasteiger partial charge is 0.325 e. The Kier molecular flexibility index (Phi) is 4.44. The second-order valence-electron chi connectivity index (χ2n) is 5.47. The van der Waals surface area contributed by atoms with Gasteiger partial charge in [0.15, 0.2) is 0 Å². The monoisotopic (exact) mass is 313 g/mol. The van der Waals surface area contributed by atoms with Crippen LogP contribution in [0.3, 0.4) is 0 Å². The Balaban J connectivity index is 2.23. The standard InChI is InChI=1S/C15H21BrFN/c1-2-12-7-3-4-9-15(12,18)10-11-6-5-8-13(17)14(11)16/h5-6,8,12H,2-4,7,9-10,18H2,1H3. The van der Waals surface area contributed by atoms with Crippen molar-refractivity contribution in [3.05, 3.63) is 34.1 Å². The molecule has 3 heteroatoms. The van der Waals surface area contributed by atoms with E-state index in [0.29, 0.717) is 10.4 Å². The first-order valence-electron chi connectivity index (χ1n) is 6.78. The normalized spacial score (nSPS) is 28.3. The van der Waals surface area contributed by atoms with Gasteiger partial charge in [0.25, 0.3) is 0 Å². The van der Waals surface area contributed by atoms with Crippen molar-refractivity contribution >= 4 is 15.9 Å². The molecule has 1 fully saturated rings. The third-order valence-electron chi connectivity index (χ3n) is 4.30. The minimum atomic E-state index is -0.194. The predicted octanol–water partition coefficient (Wildman–Crippen LogP) is 4.43. The number of nitrogens with two attached hydrogens (primary N) is 1. The Morgan fingerprint density at radius 3 is 2.94 bits per heavy atom. The molecule has 18 heavy (non-hydrogen) atoms. The summed E-state index contributed by atoms with van der Waals surface area (Å²) in [5, 5.41) is 0. The molecular weight excluding hydrogens is 293 g/mol. The quantitative estimate of drug-likeness (QED) is 0.877. The van der Waals surface area contributed by atoms with Gasteiger partial charge < -0.3 is 5.73 Å². The summed E-state index contributed by atoms with van der Waals surface area (Å²) in [5.74, 6) is 0.362. The van der Waals surface area contributed by atoms with Crippen LogP contribution in [0, 0.1) is 11.7 Å². The van der Waals surface area contributed by atoms with E-state index in [2.05, 4.69) is 22.9 Å². The van der Waals surface area contributed by atoms with E-state index < -0.39 is 0 Å². The SMILES string of the molecule is CCC1CCCCC1(N)Cc1cccc(F)c1Br. The van der Waals surface area contributed by atoms with Gasteiger partial charge in [0.05, 0.1) is 4.47 Å². The molecule has 1 aromatic carbocycles. The molecule has 100 valence electrons. The van der Waals surface area contributed by atoms with Crippen LogP contribution in [0.15, 0.2) is 22.7 Å². The second kappa shape index (κ2) is 5.70. The van der Waals surface area contributed by atoms with Crippen LogP contribution in [0.2, 0.25) is 0 Å². The van der Waals surface area contributed by atoms with E-state index in [-0.39, 0.29) is 11.4 Å². The molecule has 1 aromatic rings. The van der Waals surface area contributed by atoms with Crippen LogP contribution in [-0.4, -0.2) is 5.54 Å². The summed E-state index contributed by atoms with van der Waals surface area (Å²) in [6.45, 7) is 2.21. The lowest BCUT2D eigenvalue weighted by Gasteiger charge is -2.41. The van der Waals surface area contributed by atoms with Gasteiger partial charge in [-0.15, -0.1) is 0 Å². The molecule has 1 saturated carbocycles. The fourth-order valence-electron chi connectivity index (χ4n) is 3.22. The summed E-state index contributed by atoms with van der Waals surface area (Å²) in [6, 6.07) is 5.22. The first-order chi connectivity index (χ1) is 8.57. The third-order valence-corrected chi connectivity index (χ3v) is 5.19. The molecule has 0 aliphatic heterocycles. The van der Waals surface area contributed by atoms with Crippen molar-refractivity contribution in [3.63, 3.8) is 0 Å². The van der Waals surface area contributed by atoms with E-state index in [1.807, 2.05) is 6.07 Å². The van der Waals surface area contributed by atoms with Crippen LogP contribution >= 0.6 is 15.9 Å². The van der Waals surface area contributed by atoms with Gasteiger partial charge in [-0.1, -0.05) is 38.3 Å². The molecule has 0 radical (unpaired) electrons. The zero-order valence-corrected chi connectivity index (χ0v) is 12.5. The molecular formula is C15H21BrFN. The van der Waals surface area contributed by atoms with Gasteiger partial charge in [-0.2, -0.15) is 0 Å². The molecule has 2 unspecified atom stereocenters. The molecule has 0 heterocycles. The zero-order valence-electron chi connectivity index (χ0n) is 10.9. The fourth-order valence-corrected chi connectivity index (χ4v) is 3.62. The van der Waals surface area contributed by atoms with Gasteiger partial charge in [-0.05, 0) is 52.7 Å². The number of benzene rings is 1.